The molecule has 0 aromatic rings. The Morgan fingerprint density at radius 3 is 1.70 bits per heavy atom. The van der Waals surface area contributed by atoms with Gasteiger partial charge in [0.1, 0.15) is 67.1 Å². The number of aliphatic hydroxyl groups excluding tert-OH is 6. The summed E-state index contributed by atoms with van der Waals surface area (Å²) in [5, 5.41) is 67.1. The number of amides is 1. The Balaban J connectivity index is 1.53. The highest BCUT2D eigenvalue weighted by atomic mass is 16.8. The van der Waals surface area contributed by atoms with Gasteiger partial charge >= 0.3 is 0 Å². The van der Waals surface area contributed by atoms with Gasteiger partial charge in [-0.1, -0.05) is 26.2 Å². The van der Waals surface area contributed by atoms with Gasteiger partial charge in [-0.25, -0.2) is 0 Å². The molecule has 0 aromatic heterocycles. The number of nitrogens with one attached hydrogen (secondary N) is 1. The van der Waals surface area contributed by atoms with Gasteiger partial charge in [-0.05, 0) is 12.8 Å². The van der Waals surface area contributed by atoms with Crippen molar-refractivity contribution in [1.29, 1.82) is 0 Å². The lowest BCUT2D eigenvalue weighted by Crippen LogP contribution is -2.68. The van der Waals surface area contributed by atoms with Crippen molar-refractivity contribution in [2.75, 3.05) is 19.6 Å². The van der Waals surface area contributed by atoms with Crippen molar-refractivity contribution in [3.8, 4) is 0 Å². The molecule has 3 saturated heterocycles. The van der Waals surface area contributed by atoms with Gasteiger partial charge in [0.15, 0.2) is 18.9 Å². The predicted octanol–water partition coefficient (Wildman–Crippen LogP) is -6.80. The van der Waals surface area contributed by atoms with E-state index < -0.39 is 116 Å². The molecule has 0 spiro atoms. The minimum atomic E-state index is -1.61. The topological polar surface area (TPSA) is 362 Å². The van der Waals surface area contributed by atoms with Crippen LogP contribution in [-0.4, -0.2) is 172 Å². The molecular formula is C30H59N7O13. The fraction of sp³-hybridized carbons (Fsp3) is 0.967. The van der Waals surface area contributed by atoms with Crippen molar-refractivity contribution in [1.82, 2.24) is 5.32 Å². The van der Waals surface area contributed by atoms with E-state index in [0.29, 0.717) is 6.42 Å². The number of unbranched alkanes of at least 4 members (excludes halogenated alkanes) is 3. The van der Waals surface area contributed by atoms with Crippen molar-refractivity contribution in [3.63, 3.8) is 0 Å². The average Bonchev–Trinajstić information content (AvgIpc) is 3.38. The fourth-order valence-corrected chi connectivity index (χ4v) is 6.78. The monoisotopic (exact) mass is 725 g/mol. The molecule has 292 valence electrons. The maximum atomic E-state index is 12.7. The number of carbonyl (C=O) groups excluding carboxylic acids is 1. The van der Waals surface area contributed by atoms with E-state index in [9.17, 15) is 35.4 Å². The van der Waals surface area contributed by atoms with Crippen LogP contribution in [0.1, 0.15) is 45.4 Å². The van der Waals surface area contributed by atoms with Crippen molar-refractivity contribution < 1.29 is 63.9 Å². The minimum absolute atomic E-state index is 0.0826. The molecule has 4 fully saturated rings. The summed E-state index contributed by atoms with van der Waals surface area (Å²) < 4.78 is 35.8. The standard InChI is InChI=1S/C30H59N7O13/c1-2-3-4-5-6-16(38)37-10-15-26(49-29-18(36)23(43)21(41)14(9-32)46-29)24(44)30(47-15)50-27-19(39)11(33)7-12(34)25(27)48-28-17(35)22(42)20(40)13(8-31)45-28/h11-15,17-30,39-44H,2-10,31-36H2,1H3,(H,37,38)/t11-,12+,13-,14+,15-,17-,18-,19+,20-,21-,22-,23-,24-,25-,26-,27-,28-,29-,30+/m1/s1. The van der Waals surface area contributed by atoms with Crippen LogP contribution in [0.15, 0.2) is 0 Å². The first-order chi connectivity index (χ1) is 23.7. The first kappa shape index (κ1) is 41.5. The van der Waals surface area contributed by atoms with Gasteiger partial charge in [0.05, 0.1) is 18.2 Å². The van der Waals surface area contributed by atoms with Gasteiger partial charge in [0.25, 0.3) is 0 Å². The van der Waals surface area contributed by atoms with Crippen molar-refractivity contribution in [2.24, 2.45) is 34.4 Å². The zero-order valence-corrected chi connectivity index (χ0v) is 28.3. The summed E-state index contributed by atoms with van der Waals surface area (Å²) in [4.78, 5) is 12.7. The number of hydrogen-bond donors (Lipinski definition) is 13. The number of rotatable bonds is 15. The Morgan fingerprint density at radius 2 is 1.16 bits per heavy atom. The second-order valence-electron chi connectivity index (χ2n) is 13.7. The first-order valence-corrected chi connectivity index (χ1v) is 17.4. The zero-order chi connectivity index (χ0) is 36.9. The number of nitrogens with two attached hydrogens (primary N) is 6. The number of carbonyl (C=O) groups is 1. The van der Waals surface area contributed by atoms with E-state index in [1.54, 1.807) is 0 Å². The quantitative estimate of drug-likeness (QED) is 0.0697. The third-order valence-corrected chi connectivity index (χ3v) is 9.95. The summed E-state index contributed by atoms with van der Waals surface area (Å²) in [5.41, 5.74) is 36.2. The molecule has 20 nitrogen and oxygen atoms in total. The molecule has 3 aliphatic heterocycles. The minimum Gasteiger partial charge on any atom is -0.389 e. The van der Waals surface area contributed by atoms with Crippen LogP contribution >= 0.6 is 0 Å². The summed E-state index contributed by atoms with van der Waals surface area (Å²) >= 11 is 0. The first-order valence-electron chi connectivity index (χ1n) is 17.4. The second kappa shape index (κ2) is 18.7. The van der Waals surface area contributed by atoms with Crippen molar-refractivity contribution in [3.05, 3.63) is 0 Å². The summed E-state index contributed by atoms with van der Waals surface area (Å²) in [6, 6.07) is -4.24. The predicted molar refractivity (Wildman–Crippen MR) is 173 cm³/mol. The molecule has 3 heterocycles. The average molecular weight is 726 g/mol. The Labute approximate surface area is 290 Å². The Bertz CT molecular complexity index is 1060. The zero-order valence-electron chi connectivity index (χ0n) is 28.3. The van der Waals surface area contributed by atoms with Gasteiger partial charge in [-0.2, -0.15) is 0 Å². The maximum absolute atomic E-state index is 12.7. The number of aliphatic hydroxyl groups is 6. The third kappa shape index (κ3) is 9.45. The van der Waals surface area contributed by atoms with E-state index in [1.807, 2.05) is 0 Å². The van der Waals surface area contributed by atoms with Gasteiger partial charge in [0, 0.05) is 38.1 Å². The van der Waals surface area contributed by atoms with Crippen LogP contribution in [0.25, 0.3) is 0 Å². The third-order valence-electron chi connectivity index (χ3n) is 9.95. The molecule has 1 amide bonds. The maximum Gasteiger partial charge on any atom is 0.220 e. The number of hydrogen-bond acceptors (Lipinski definition) is 19. The highest BCUT2D eigenvalue weighted by Gasteiger charge is 2.54. The smallest absolute Gasteiger partial charge is 0.220 e. The fourth-order valence-electron chi connectivity index (χ4n) is 6.78. The molecule has 20 heteroatoms. The summed E-state index contributed by atoms with van der Waals surface area (Å²) in [5.74, 6) is -0.255. The molecular weight excluding hydrogens is 666 g/mol. The van der Waals surface area contributed by atoms with E-state index >= 15 is 0 Å². The van der Waals surface area contributed by atoms with Crippen LogP contribution in [0.2, 0.25) is 0 Å². The summed E-state index contributed by atoms with van der Waals surface area (Å²) in [6.45, 7) is 1.59. The second-order valence-corrected chi connectivity index (χ2v) is 13.7. The molecule has 1 aliphatic carbocycles. The van der Waals surface area contributed by atoms with Crippen molar-refractivity contribution in [2.45, 2.75) is 162 Å². The summed E-state index contributed by atoms with van der Waals surface area (Å²) in [6.07, 6.45) is -15.9. The van der Waals surface area contributed by atoms with Gasteiger partial charge in [0.2, 0.25) is 5.91 Å². The summed E-state index contributed by atoms with van der Waals surface area (Å²) in [7, 11) is 0. The van der Waals surface area contributed by atoms with Crippen LogP contribution in [0, 0.1) is 0 Å². The lowest BCUT2D eigenvalue weighted by Gasteiger charge is -2.47. The molecule has 0 bridgehead atoms. The lowest BCUT2D eigenvalue weighted by molar-refractivity contribution is -0.306. The van der Waals surface area contributed by atoms with Crippen LogP contribution < -0.4 is 39.7 Å². The molecule has 4 aliphatic rings. The molecule has 19 atom stereocenters. The van der Waals surface area contributed by atoms with E-state index in [-0.39, 0.29) is 38.4 Å². The highest BCUT2D eigenvalue weighted by Crippen LogP contribution is 2.34. The van der Waals surface area contributed by atoms with Crippen LogP contribution in [-0.2, 0) is 33.2 Å². The SMILES string of the molecule is CCCCCCC(=O)NC[C@H]1O[C@@H](O[C@@H]2[C@@H](O)[C@H](N)C[C@H](N)[C@H]2O[C@H]2O[C@H](CN)[C@@H](O)[C@H](O)[C@H]2N)[C@H](O)[C@@H]1O[C@H]1O[C@@H](CN)[C@@H](O)[C@H](O)[C@H]1N. The lowest BCUT2D eigenvalue weighted by atomic mass is 9.84. The Kier molecular flexibility index (Phi) is 15.5. The van der Waals surface area contributed by atoms with Crippen LogP contribution in [0.3, 0.4) is 0 Å². The van der Waals surface area contributed by atoms with Crippen molar-refractivity contribution >= 4 is 5.91 Å². The normalized spacial score (nSPS) is 46.9. The van der Waals surface area contributed by atoms with Crippen LogP contribution in [0.4, 0.5) is 0 Å². The molecule has 19 N–H and O–H groups in total. The van der Waals surface area contributed by atoms with Gasteiger partial charge in [-0.15, -0.1) is 0 Å². The Morgan fingerprint density at radius 1 is 0.640 bits per heavy atom. The molecule has 0 radical (unpaired) electrons. The van der Waals surface area contributed by atoms with E-state index in [4.69, 9.17) is 62.8 Å². The molecule has 50 heavy (non-hydrogen) atoms. The van der Waals surface area contributed by atoms with E-state index in [0.717, 1.165) is 19.3 Å². The number of ether oxygens (including phenoxy) is 6. The van der Waals surface area contributed by atoms with Gasteiger partial charge in [-0.3, -0.25) is 4.79 Å². The molecule has 4 rings (SSSR count). The molecule has 0 unspecified atom stereocenters. The highest BCUT2D eigenvalue weighted by molar-refractivity contribution is 5.75. The largest absolute Gasteiger partial charge is 0.389 e. The van der Waals surface area contributed by atoms with Gasteiger partial charge < -0.3 is 98.8 Å². The van der Waals surface area contributed by atoms with Crippen LogP contribution in [0.5, 0.6) is 0 Å². The Hall–Kier alpha value is -1.25. The molecule has 1 saturated carbocycles. The molecule has 0 aromatic carbocycles. The van der Waals surface area contributed by atoms with E-state index in [1.165, 1.54) is 0 Å². The van der Waals surface area contributed by atoms with E-state index in [2.05, 4.69) is 12.2 Å².